The molecular formula is C24H27NO5. The number of carboxylic acid groups (broad SMARTS) is 1. The fourth-order valence-electron chi connectivity index (χ4n) is 4.72. The van der Waals surface area contributed by atoms with E-state index in [2.05, 4.69) is 17.4 Å². The van der Waals surface area contributed by atoms with Crippen molar-refractivity contribution in [3.05, 3.63) is 59.7 Å². The molecule has 0 bridgehead atoms. The molecule has 1 fully saturated rings. The summed E-state index contributed by atoms with van der Waals surface area (Å²) in [6.07, 6.45) is 2.27. The Hall–Kier alpha value is -2.86. The number of hydrogen-bond acceptors (Lipinski definition) is 4. The molecular weight excluding hydrogens is 382 g/mol. The van der Waals surface area contributed by atoms with Crippen molar-refractivity contribution in [3.63, 3.8) is 0 Å². The van der Waals surface area contributed by atoms with Crippen LogP contribution in [0.5, 0.6) is 0 Å². The molecule has 0 heterocycles. The average Bonchev–Trinajstić information content (AvgIpc) is 3.07. The Kier molecular flexibility index (Phi) is 6.04. The molecule has 2 aromatic carbocycles. The van der Waals surface area contributed by atoms with Crippen molar-refractivity contribution in [2.75, 3.05) is 6.61 Å². The molecule has 2 aliphatic carbocycles. The number of carbonyl (C=O) groups excluding carboxylic acids is 1. The molecule has 0 spiro atoms. The predicted molar refractivity (Wildman–Crippen MR) is 112 cm³/mol. The lowest BCUT2D eigenvalue weighted by molar-refractivity contribution is -0.140. The highest BCUT2D eigenvalue weighted by molar-refractivity contribution is 5.81. The van der Waals surface area contributed by atoms with Crippen molar-refractivity contribution >= 4 is 12.1 Å². The third-order valence-corrected chi connectivity index (χ3v) is 6.32. The Labute approximate surface area is 175 Å². The zero-order chi connectivity index (χ0) is 21.1. The first-order valence-electron chi connectivity index (χ1n) is 10.5. The van der Waals surface area contributed by atoms with E-state index in [0.29, 0.717) is 19.3 Å². The van der Waals surface area contributed by atoms with Crippen molar-refractivity contribution in [2.24, 2.45) is 5.92 Å². The molecule has 158 valence electrons. The van der Waals surface area contributed by atoms with Crippen LogP contribution >= 0.6 is 0 Å². The van der Waals surface area contributed by atoms with Crippen molar-refractivity contribution in [2.45, 2.75) is 50.2 Å². The van der Waals surface area contributed by atoms with Crippen molar-refractivity contribution < 1.29 is 24.5 Å². The van der Waals surface area contributed by atoms with Gasteiger partial charge in [-0.15, -0.1) is 0 Å². The highest BCUT2D eigenvalue weighted by Crippen LogP contribution is 2.44. The largest absolute Gasteiger partial charge is 0.480 e. The van der Waals surface area contributed by atoms with E-state index in [1.165, 1.54) is 0 Å². The number of alkyl carbamates (subject to hydrolysis) is 1. The molecule has 0 aliphatic heterocycles. The second kappa shape index (κ2) is 8.88. The van der Waals surface area contributed by atoms with Gasteiger partial charge >= 0.3 is 12.1 Å². The minimum atomic E-state index is -1.06. The number of carboxylic acids is 1. The van der Waals surface area contributed by atoms with E-state index in [1.54, 1.807) is 0 Å². The Morgan fingerprint density at radius 1 is 0.967 bits per heavy atom. The number of carbonyl (C=O) groups is 2. The summed E-state index contributed by atoms with van der Waals surface area (Å²) in [6, 6.07) is 15.2. The van der Waals surface area contributed by atoms with Gasteiger partial charge in [-0.25, -0.2) is 9.59 Å². The van der Waals surface area contributed by atoms with Crippen LogP contribution in [0.3, 0.4) is 0 Å². The molecule has 2 aliphatic rings. The number of hydrogen-bond donors (Lipinski definition) is 3. The number of nitrogens with one attached hydrogen (secondary N) is 1. The van der Waals surface area contributed by atoms with Gasteiger partial charge in [-0.3, -0.25) is 0 Å². The van der Waals surface area contributed by atoms with Crippen molar-refractivity contribution in [3.8, 4) is 11.1 Å². The second-order valence-electron chi connectivity index (χ2n) is 8.27. The zero-order valence-electron chi connectivity index (χ0n) is 16.8. The summed E-state index contributed by atoms with van der Waals surface area (Å²) >= 11 is 0. The molecule has 2 aromatic rings. The molecule has 0 saturated heterocycles. The molecule has 4 rings (SSSR count). The predicted octanol–water partition coefficient (Wildman–Crippen LogP) is 3.92. The number of aliphatic hydroxyl groups excluding tert-OH is 1. The number of rotatable bonds is 6. The number of ether oxygens (including phenoxy) is 1. The lowest BCUT2D eigenvalue weighted by atomic mass is 9.83. The average molecular weight is 409 g/mol. The monoisotopic (exact) mass is 409 g/mol. The number of benzene rings is 2. The van der Waals surface area contributed by atoms with Gasteiger partial charge in [0.05, 0.1) is 6.10 Å². The first-order chi connectivity index (χ1) is 14.5. The fraction of sp³-hybridized carbons (Fsp3) is 0.417. The SMILES string of the molecule is O=C(N[C@H](CC1CCC(O)CC1)C(=O)O)OCC1c2ccccc2-c2ccccc21. The Morgan fingerprint density at radius 3 is 2.10 bits per heavy atom. The van der Waals surface area contributed by atoms with E-state index < -0.39 is 18.1 Å². The number of aliphatic carboxylic acids is 1. The topological polar surface area (TPSA) is 95.9 Å². The van der Waals surface area contributed by atoms with Gasteiger partial charge in [-0.05, 0) is 60.3 Å². The van der Waals surface area contributed by atoms with Gasteiger partial charge in [-0.2, -0.15) is 0 Å². The molecule has 6 nitrogen and oxygen atoms in total. The summed E-state index contributed by atoms with van der Waals surface area (Å²) in [4.78, 5) is 24.0. The zero-order valence-corrected chi connectivity index (χ0v) is 16.8. The summed E-state index contributed by atoms with van der Waals surface area (Å²) < 4.78 is 5.47. The van der Waals surface area contributed by atoms with Crippen molar-refractivity contribution in [1.29, 1.82) is 0 Å². The standard InChI is InChI=1S/C24H27NO5/c26-16-11-9-15(10-12-16)13-22(23(27)28)25-24(29)30-14-21-19-7-3-1-5-17(19)18-6-2-4-8-20(18)21/h1-8,15-16,21-22,26H,9-14H2,(H,25,29)(H,27,28)/t15?,16?,22-/m1/s1. The van der Waals surface area contributed by atoms with Crippen molar-refractivity contribution in [1.82, 2.24) is 5.32 Å². The minimum Gasteiger partial charge on any atom is -0.480 e. The molecule has 6 heteroatoms. The van der Waals surface area contributed by atoms with Crippen LogP contribution in [0, 0.1) is 5.92 Å². The lowest BCUT2D eigenvalue weighted by Gasteiger charge is -2.27. The quantitative estimate of drug-likeness (QED) is 0.672. The first kappa shape index (κ1) is 20.4. The Morgan fingerprint density at radius 2 is 1.53 bits per heavy atom. The second-order valence-corrected chi connectivity index (χ2v) is 8.27. The maximum Gasteiger partial charge on any atom is 0.407 e. The molecule has 1 saturated carbocycles. The minimum absolute atomic E-state index is 0.0636. The molecule has 1 amide bonds. The van der Waals surface area contributed by atoms with E-state index in [0.717, 1.165) is 35.1 Å². The van der Waals surface area contributed by atoms with Crippen LogP contribution in [0.4, 0.5) is 4.79 Å². The molecule has 1 atom stereocenters. The van der Waals surface area contributed by atoms with Crippen LogP contribution in [-0.4, -0.2) is 41.0 Å². The molecule has 0 unspecified atom stereocenters. The lowest BCUT2D eigenvalue weighted by Crippen LogP contribution is -2.43. The summed E-state index contributed by atoms with van der Waals surface area (Å²) in [5.41, 5.74) is 4.51. The molecule has 0 aromatic heterocycles. The maximum atomic E-state index is 12.4. The van der Waals surface area contributed by atoms with Crippen LogP contribution in [-0.2, 0) is 9.53 Å². The van der Waals surface area contributed by atoms with Crippen LogP contribution in [0.15, 0.2) is 48.5 Å². The van der Waals surface area contributed by atoms with Gasteiger partial charge in [-0.1, -0.05) is 48.5 Å². The summed E-state index contributed by atoms with van der Waals surface area (Å²) in [7, 11) is 0. The summed E-state index contributed by atoms with van der Waals surface area (Å²) in [5, 5.41) is 21.7. The maximum absolute atomic E-state index is 12.4. The van der Waals surface area contributed by atoms with Gasteiger partial charge in [0.15, 0.2) is 0 Å². The highest BCUT2D eigenvalue weighted by Gasteiger charge is 2.31. The highest BCUT2D eigenvalue weighted by atomic mass is 16.5. The first-order valence-corrected chi connectivity index (χ1v) is 10.5. The van der Waals surface area contributed by atoms with E-state index in [9.17, 15) is 19.8 Å². The van der Waals surface area contributed by atoms with Gasteiger partial charge in [0.1, 0.15) is 12.6 Å². The van der Waals surface area contributed by atoms with Gasteiger partial charge in [0, 0.05) is 5.92 Å². The van der Waals surface area contributed by atoms with E-state index in [-0.39, 0.29) is 24.5 Å². The summed E-state index contributed by atoms with van der Waals surface area (Å²) in [6.45, 7) is 0.155. The Balaban J connectivity index is 1.37. The van der Waals surface area contributed by atoms with Crippen LogP contribution in [0.1, 0.15) is 49.1 Å². The number of aliphatic hydroxyl groups is 1. The van der Waals surface area contributed by atoms with Crippen LogP contribution < -0.4 is 5.32 Å². The number of amides is 1. The van der Waals surface area contributed by atoms with Gasteiger partial charge < -0.3 is 20.3 Å². The Bertz CT molecular complexity index is 874. The van der Waals surface area contributed by atoms with Crippen LogP contribution in [0.25, 0.3) is 11.1 Å². The molecule has 3 N–H and O–H groups in total. The van der Waals surface area contributed by atoms with Gasteiger partial charge in [0.2, 0.25) is 0 Å². The van der Waals surface area contributed by atoms with E-state index in [4.69, 9.17) is 4.74 Å². The van der Waals surface area contributed by atoms with Crippen LogP contribution in [0.2, 0.25) is 0 Å². The molecule has 0 radical (unpaired) electrons. The summed E-state index contributed by atoms with van der Waals surface area (Å²) in [5.74, 6) is -0.940. The third kappa shape index (κ3) is 4.33. The molecule has 30 heavy (non-hydrogen) atoms. The van der Waals surface area contributed by atoms with E-state index in [1.807, 2.05) is 36.4 Å². The fourth-order valence-corrected chi connectivity index (χ4v) is 4.72. The van der Waals surface area contributed by atoms with Gasteiger partial charge in [0.25, 0.3) is 0 Å². The third-order valence-electron chi connectivity index (χ3n) is 6.32. The smallest absolute Gasteiger partial charge is 0.407 e. The number of fused-ring (bicyclic) bond motifs is 3. The normalized spacial score (nSPS) is 21.4. The van der Waals surface area contributed by atoms with E-state index >= 15 is 0 Å².